The molecule has 1 heterocycles. The highest BCUT2D eigenvalue weighted by Gasteiger charge is 2.32. The van der Waals surface area contributed by atoms with Crippen molar-refractivity contribution >= 4 is 12.4 Å². The van der Waals surface area contributed by atoms with Gasteiger partial charge in [0.1, 0.15) is 5.75 Å². The van der Waals surface area contributed by atoms with E-state index in [2.05, 4.69) is 0 Å². The standard InChI is InChI=1S/C10H10F3NO.ClH/c11-10(12,13)6-1-2-9-7(5-6)8(14)3-4-15-9;/h1-2,5,8H,3-4,14H2;1H/t8-;/m0./s1. The van der Waals surface area contributed by atoms with Gasteiger partial charge >= 0.3 is 6.18 Å². The van der Waals surface area contributed by atoms with Gasteiger partial charge in [0.25, 0.3) is 0 Å². The normalized spacial score (nSPS) is 19.4. The zero-order chi connectivity index (χ0) is 11.1. The van der Waals surface area contributed by atoms with Crippen LogP contribution in [0.15, 0.2) is 18.2 Å². The Morgan fingerprint density at radius 2 is 2.00 bits per heavy atom. The van der Waals surface area contributed by atoms with Gasteiger partial charge in [-0.05, 0) is 18.2 Å². The maximum Gasteiger partial charge on any atom is 0.416 e. The topological polar surface area (TPSA) is 35.2 Å². The van der Waals surface area contributed by atoms with Gasteiger partial charge in [-0.2, -0.15) is 13.2 Å². The van der Waals surface area contributed by atoms with Crippen LogP contribution >= 0.6 is 12.4 Å². The molecular weight excluding hydrogens is 243 g/mol. The maximum absolute atomic E-state index is 12.4. The number of ether oxygens (including phenoxy) is 1. The van der Waals surface area contributed by atoms with E-state index in [0.717, 1.165) is 12.1 Å². The SMILES string of the molecule is Cl.N[C@H]1CCOc2ccc(C(F)(F)F)cc21. The van der Waals surface area contributed by atoms with Gasteiger partial charge in [0.2, 0.25) is 0 Å². The summed E-state index contributed by atoms with van der Waals surface area (Å²) < 4.78 is 42.4. The second-order valence-electron chi connectivity index (χ2n) is 3.49. The van der Waals surface area contributed by atoms with Gasteiger partial charge in [-0.3, -0.25) is 0 Å². The zero-order valence-corrected chi connectivity index (χ0v) is 9.07. The number of nitrogens with two attached hydrogens (primary N) is 1. The van der Waals surface area contributed by atoms with E-state index in [1.54, 1.807) is 0 Å². The number of alkyl halides is 3. The van der Waals surface area contributed by atoms with Crippen LogP contribution in [0.5, 0.6) is 5.75 Å². The van der Waals surface area contributed by atoms with E-state index in [1.807, 2.05) is 0 Å². The highest BCUT2D eigenvalue weighted by molar-refractivity contribution is 5.85. The summed E-state index contributed by atoms with van der Waals surface area (Å²) >= 11 is 0. The quantitative estimate of drug-likeness (QED) is 0.772. The molecule has 16 heavy (non-hydrogen) atoms. The van der Waals surface area contributed by atoms with Gasteiger partial charge in [0.15, 0.2) is 0 Å². The molecule has 0 saturated carbocycles. The zero-order valence-electron chi connectivity index (χ0n) is 8.25. The number of benzene rings is 1. The average Bonchev–Trinajstić information content (AvgIpc) is 2.16. The van der Waals surface area contributed by atoms with Gasteiger partial charge in [-0.1, -0.05) is 0 Å². The van der Waals surface area contributed by atoms with Gasteiger partial charge < -0.3 is 10.5 Å². The number of fused-ring (bicyclic) bond motifs is 1. The molecule has 1 atom stereocenters. The van der Waals surface area contributed by atoms with Crippen molar-refractivity contribution in [1.82, 2.24) is 0 Å². The van der Waals surface area contributed by atoms with Crippen LogP contribution in [-0.2, 0) is 6.18 Å². The lowest BCUT2D eigenvalue weighted by atomic mass is 9.99. The molecule has 6 heteroatoms. The molecule has 0 aliphatic carbocycles. The lowest BCUT2D eigenvalue weighted by molar-refractivity contribution is -0.137. The Morgan fingerprint density at radius 3 is 2.62 bits per heavy atom. The fraction of sp³-hybridized carbons (Fsp3) is 0.400. The summed E-state index contributed by atoms with van der Waals surface area (Å²) in [6, 6.07) is 3.05. The van der Waals surface area contributed by atoms with E-state index in [9.17, 15) is 13.2 Å². The fourth-order valence-corrected chi connectivity index (χ4v) is 1.60. The minimum absolute atomic E-state index is 0. The Labute approximate surface area is 97.0 Å². The third-order valence-electron chi connectivity index (χ3n) is 2.42. The summed E-state index contributed by atoms with van der Waals surface area (Å²) in [6.45, 7) is 0.458. The molecular formula is C10H11ClF3NO. The van der Waals surface area contributed by atoms with Crippen molar-refractivity contribution in [3.05, 3.63) is 29.3 Å². The van der Waals surface area contributed by atoms with E-state index >= 15 is 0 Å². The molecule has 0 saturated heterocycles. The van der Waals surface area contributed by atoms with Crippen LogP contribution in [0.25, 0.3) is 0 Å². The number of hydrogen-bond acceptors (Lipinski definition) is 2. The molecule has 1 aliphatic rings. The summed E-state index contributed by atoms with van der Waals surface area (Å²) in [6.07, 6.45) is -3.78. The average molecular weight is 254 g/mol. The summed E-state index contributed by atoms with van der Waals surface area (Å²) in [5.41, 5.74) is 5.47. The largest absolute Gasteiger partial charge is 0.493 e. The van der Waals surface area contributed by atoms with Crippen molar-refractivity contribution in [2.75, 3.05) is 6.61 Å². The van der Waals surface area contributed by atoms with Crippen LogP contribution in [0.4, 0.5) is 13.2 Å². The summed E-state index contributed by atoms with van der Waals surface area (Å²) in [4.78, 5) is 0. The molecule has 0 bridgehead atoms. The van der Waals surface area contributed by atoms with Crippen molar-refractivity contribution in [2.45, 2.75) is 18.6 Å². The van der Waals surface area contributed by atoms with Crippen LogP contribution < -0.4 is 10.5 Å². The molecule has 1 aromatic carbocycles. The first-order valence-electron chi connectivity index (χ1n) is 4.58. The summed E-state index contributed by atoms with van der Waals surface area (Å²) in [5.74, 6) is 0.460. The molecule has 1 aromatic rings. The van der Waals surface area contributed by atoms with Crippen molar-refractivity contribution in [1.29, 1.82) is 0 Å². The van der Waals surface area contributed by atoms with Crippen molar-refractivity contribution in [2.24, 2.45) is 5.73 Å². The molecule has 0 aromatic heterocycles. The maximum atomic E-state index is 12.4. The Balaban J connectivity index is 0.00000128. The van der Waals surface area contributed by atoms with E-state index in [4.69, 9.17) is 10.5 Å². The van der Waals surface area contributed by atoms with Crippen molar-refractivity contribution in [3.8, 4) is 5.75 Å². The van der Waals surface area contributed by atoms with Crippen molar-refractivity contribution < 1.29 is 17.9 Å². The molecule has 2 rings (SSSR count). The number of rotatable bonds is 0. The van der Waals surface area contributed by atoms with Gasteiger partial charge in [0.05, 0.1) is 12.2 Å². The molecule has 0 amide bonds. The second kappa shape index (κ2) is 4.51. The Kier molecular flexibility index (Phi) is 3.70. The third-order valence-corrected chi connectivity index (χ3v) is 2.42. The Bertz CT molecular complexity index is 381. The minimum Gasteiger partial charge on any atom is -0.493 e. The van der Waals surface area contributed by atoms with E-state index < -0.39 is 11.7 Å². The molecule has 2 nitrogen and oxygen atoms in total. The Morgan fingerprint density at radius 1 is 1.31 bits per heavy atom. The van der Waals surface area contributed by atoms with Crippen LogP contribution in [0.3, 0.4) is 0 Å². The monoisotopic (exact) mass is 253 g/mol. The summed E-state index contributed by atoms with van der Waals surface area (Å²) in [7, 11) is 0. The van der Waals surface area contributed by atoms with Crippen molar-refractivity contribution in [3.63, 3.8) is 0 Å². The van der Waals surface area contributed by atoms with Crippen LogP contribution in [-0.4, -0.2) is 6.61 Å². The molecule has 1 aliphatic heterocycles. The second-order valence-corrected chi connectivity index (χ2v) is 3.49. The molecule has 2 N–H and O–H groups in total. The predicted octanol–water partition coefficient (Wildman–Crippen LogP) is 2.91. The van der Waals surface area contributed by atoms with E-state index in [-0.39, 0.29) is 18.4 Å². The number of hydrogen-bond donors (Lipinski definition) is 1. The van der Waals surface area contributed by atoms with Gasteiger partial charge in [-0.15, -0.1) is 12.4 Å². The molecule has 0 fully saturated rings. The molecule has 0 spiro atoms. The highest BCUT2D eigenvalue weighted by atomic mass is 35.5. The Hall–Kier alpha value is -0.940. The minimum atomic E-state index is -4.33. The summed E-state index contributed by atoms with van der Waals surface area (Å²) in [5, 5.41) is 0. The third kappa shape index (κ3) is 2.41. The lowest BCUT2D eigenvalue weighted by Crippen LogP contribution is -2.21. The first kappa shape index (κ1) is 13.1. The lowest BCUT2D eigenvalue weighted by Gasteiger charge is -2.23. The van der Waals surface area contributed by atoms with Gasteiger partial charge in [0, 0.05) is 18.0 Å². The smallest absolute Gasteiger partial charge is 0.416 e. The van der Waals surface area contributed by atoms with Crippen LogP contribution in [0.2, 0.25) is 0 Å². The van der Waals surface area contributed by atoms with Crippen LogP contribution in [0.1, 0.15) is 23.6 Å². The first-order chi connectivity index (χ1) is 6.98. The predicted molar refractivity (Wildman–Crippen MR) is 55.7 cm³/mol. The number of halogens is 4. The molecule has 0 radical (unpaired) electrons. The molecule has 0 unspecified atom stereocenters. The van der Waals surface area contributed by atoms with Crippen LogP contribution in [0, 0.1) is 0 Å². The first-order valence-corrected chi connectivity index (χ1v) is 4.58. The van der Waals surface area contributed by atoms with E-state index in [0.29, 0.717) is 24.3 Å². The molecule has 90 valence electrons. The van der Waals surface area contributed by atoms with E-state index in [1.165, 1.54) is 6.07 Å². The van der Waals surface area contributed by atoms with Gasteiger partial charge in [-0.25, -0.2) is 0 Å². The highest BCUT2D eigenvalue weighted by Crippen LogP contribution is 2.36. The fourth-order valence-electron chi connectivity index (χ4n) is 1.60.